The highest BCUT2D eigenvalue weighted by molar-refractivity contribution is 7.80. The fourth-order valence-corrected chi connectivity index (χ4v) is 2.60. The number of hydrogen-bond acceptors (Lipinski definition) is 5. The van der Waals surface area contributed by atoms with Gasteiger partial charge in [0, 0.05) is 6.61 Å². The fraction of sp³-hybridized carbons (Fsp3) is 1.00. The van der Waals surface area contributed by atoms with E-state index in [2.05, 4.69) is 11.1 Å². The number of aliphatic hydroxyl groups is 2. The standard InChI is InChI=1S/C13H28O6S/c1-2-3-4-5-6-10-13(19-20(16,17)18)12(15)9-7-8-11-14/h12-15H,2-11H2,1H3,(H,16,17,18). The van der Waals surface area contributed by atoms with Crippen molar-refractivity contribution >= 4 is 10.4 Å². The summed E-state index contributed by atoms with van der Waals surface area (Å²) in [5, 5.41) is 18.6. The molecule has 0 aliphatic rings. The monoisotopic (exact) mass is 312 g/mol. The Morgan fingerprint density at radius 3 is 2.15 bits per heavy atom. The minimum atomic E-state index is -4.56. The zero-order valence-electron chi connectivity index (χ0n) is 12.2. The van der Waals surface area contributed by atoms with Crippen molar-refractivity contribution in [2.45, 2.75) is 76.9 Å². The smallest absolute Gasteiger partial charge is 0.396 e. The van der Waals surface area contributed by atoms with Gasteiger partial charge in [-0.1, -0.05) is 39.0 Å². The average molecular weight is 312 g/mol. The van der Waals surface area contributed by atoms with Gasteiger partial charge in [-0.15, -0.1) is 0 Å². The highest BCUT2D eigenvalue weighted by atomic mass is 32.3. The maximum atomic E-state index is 10.8. The maximum Gasteiger partial charge on any atom is 0.397 e. The summed E-state index contributed by atoms with van der Waals surface area (Å²) in [6.07, 6.45) is 5.01. The molecule has 0 aliphatic heterocycles. The summed E-state index contributed by atoms with van der Waals surface area (Å²) in [6.45, 7) is 2.14. The van der Waals surface area contributed by atoms with Crippen LogP contribution < -0.4 is 0 Å². The first-order valence-corrected chi connectivity index (χ1v) is 8.71. The SMILES string of the molecule is CCCCCCCC(OS(=O)(=O)O)C(O)CCCCO. The van der Waals surface area contributed by atoms with Crippen LogP contribution in [0.5, 0.6) is 0 Å². The first kappa shape index (κ1) is 19.8. The van der Waals surface area contributed by atoms with Crippen LogP contribution in [0.1, 0.15) is 64.7 Å². The summed E-state index contributed by atoms with van der Waals surface area (Å²) < 4.78 is 34.9. The Hall–Kier alpha value is -0.210. The average Bonchev–Trinajstić information content (AvgIpc) is 2.36. The van der Waals surface area contributed by atoms with Crippen LogP contribution in [0.3, 0.4) is 0 Å². The van der Waals surface area contributed by atoms with Gasteiger partial charge in [0.25, 0.3) is 0 Å². The van der Waals surface area contributed by atoms with Crippen LogP contribution in [0.4, 0.5) is 0 Å². The van der Waals surface area contributed by atoms with Crippen LogP contribution in [0.25, 0.3) is 0 Å². The molecule has 122 valence electrons. The highest BCUT2D eigenvalue weighted by Gasteiger charge is 2.24. The van der Waals surface area contributed by atoms with E-state index in [0.717, 1.165) is 32.1 Å². The Labute approximate surface area is 122 Å². The Bertz CT molecular complexity index is 317. The second-order valence-electron chi connectivity index (χ2n) is 5.05. The molecule has 0 saturated heterocycles. The second kappa shape index (κ2) is 11.4. The number of rotatable bonds is 13. The molecule has 0 radical (unpaired) electrons. The third-order valence-electron chi connectivity index (χ3n) is 3.17. The molecule has 0 amide bonds. The van der Waals surface area contributed by atoms with E-state index in [1.165, 1.54) is 0 Å². The predicted octanol–water partition coefficient (Wildman–Crippen LogP) is 2.06. The van der Waals surface area contributed by atoms with E-state index < -0.39 is 22.6 Å². The van der Waals surface area contributed by atoms with Crippen LogP contribution in [-0.2, 0) is 14.6 Å². The van der Waals surface area contributed by atoms with E-state index in [1.807, 2.05) is 0 Å². The molecular weight excluding hydrogens is 284 g/mol. The van der Waals surface area contributed by atoms with Crippen LogP contribution in [0, 0.1) is 0 Å². The van der Waals surface area contributed by atoms with Crippen LogP contribution >= 0.6 is 0 Å². The summed E-state index contributed by atoms with van der Waals surface area (Å²) >= 11 is 0. The fourth-order valence-electron chi connectivity index (χ4n) is 2.06. The van der Waals surface area contributed by atoms with Crippen molar-refractivity contribution in [2.24, 2.45) is 0 Å². The van der Waals surface area contributed by atoms with Crippen molar-refractivity contribution in [3.05, 3.63) is 0 Å². The van der Waals surface area contributed by atoms with Gasteiger partial charge in [-0.2, -0.15) is 8.42 Å². The molecule has 0 aromatic rings. The topological polar surface area (TPSA) is 104 Å². The van der Waals surface area contributed by atoms with Gasteiger partial charge >= 0.3 is 10.4 Å². The molecule has 2 atom stereocenters. The van der Waals surface area contributed by atoms with Crippen LogP contribution in [-0.4, -0.2) is 42.0 Å². The molecule has 0 rings (SSSR count). The molecule has 2 unspecified atom stereocenters. The van der Waals surface area contributed by atoms with Crippen molar-refractivity contribution in [2.75, 3.05) is 6.61 Å². The molecule has 0 bridgehead atoms. The second-order valence-corrected chi connectivity index (χ2v) is 6.10. The van der Waals surface area contributed by atoms with E-state index in [0.29, 0.717) is 25.7 Å². The molecule has 0 fully saturated rings. The molecule has 7 heteroatoms. The van der Waals surface area contributed by atoms with E-state index in [9.17, 15) is 13.5 Å². The van der Waals surface area contributed by atoms with Gasteiger partial charge in [-0.3, -0.25) is 4.55 Å². The number of unbranched alkanes of at least 4 members (excludes halogenated alkanes) is 5. The maximum absolute atomic E-state index is 10.8. The van der Waals surface area contributed by atoms with Gasteiger partial charge in [0.05, 0.1) is 6.10 Å². The number of aliphatic hydroxyl groups excluding tert-OH is 2. The quantitative estimate of drug-likeness (QED) is 0.355. The first-order valence-electron chi connectivity index (χ1n) is 7.35. The largest absolute Gasteiger partial charge is 0.397 e. The normalized spacial score (nSPS) is 15.2. The van der Waals surface area contributed by atoms with Gasteiger partial charge in [0.1, 0.15) is 6.10 Å². The molecule has 0 saturated carbocycles. The molecule has 0 aliphatic carbocycles. The summed E-state index contributed by atoms with van der Waals surface area (Å²) in [5.41, 5.74) is 0. The zero-order chi connectivity index (χ0) is 15.4. The molecule has 0 aromatic carbocycles. The Balaban J connectivity index is 4.18. The highest BCUT2D eigenvalue weighted by Crippen LogP contribution is 2.17. The van der Waals surface area contributed by atoms with Crippen molar-refractivity contribution in [3.63, 3.8) is 0 Å². The number of hydrogen-bond donors (Lipinski definition) is 3. The van der Waals surface area contributed by atoms with E-state index in [4.69, 9.17) is 9.66 Å². The third kappa shape index (κ3) is 11.6. The molecule has 0 aromatic heterocycles. The minimum Gasteiger partial charge on any atom is -0.396 e. The van der Waals surface area contributed by atoms with Crippen molar-refractivity contribution in [1.29, 1.82) is 0 Å². The van der Waals surface area contributed by atoms with Gasteiger partial charge in [0.2, 0.25) is 0 Å². The summed E-state index contributed by atoms with van der Waals surface area (Å²) in [5.74, 6) is 0. The van der Waals surface area contributed by atoms with E-state index in [1.54, 1.807) is 0 Å². The molecular formula is C13H28O6S. The van der Waals surface area contributed by atoms with Crippen LogP contribution in [0.2, 0.25) is 0 Å². The van der Waals surface area contributed by atoms with Gasteiger partial charge in [-0.05, 0) is 25.7 Å². The lowest BCUT2D eigenvalue weighted by Gasteiger charge is -2.21. The lowest BCUT2D eigenvalue weighted by molar-refractivity contribution is 0.0197. The summed E-state index contributed by atoms with van der Waals surface area (Å²) in [6, 6.07) is 0. The minimum absolute atomic E-state index is 0.0353. The third-order valence-corrected chi connectivity index (χ3v) is 3.66. The Kier molecular flexibility index (Phi) is 11.3. The molecule has 6 nitrogen and oxygen atoms in total. The predicted molar refractivity (Wildman–Crippen MR) is 76.7 cm³/mol. The molecule has 0 spiro atoms. The van der Waals surface area contributed by atoms with Gasteiger partial charge < -0.3 is 10.2 Å². The molecule has 0 heterocycles. The zero-order valence-corrected chi connectivity index (χ0v) is 13.0. The Morgan fingerprint density at radius 1 is 1.00 bits per heavy atom. The van der Waals surface area contributed by atoms with E-state index in [-0.39, 0.29) is 6.61 Å². The van der Waals surface area contributed by atoms with Crippen molar-refractivity contribution in [1.82, 2.24) is 0 Å². The van der Waals surface area contributed by atoms with Crippen LogP contribution in [0.15, 0.2) is 0 Å². The molecule has 20 heavy (non-hydrogen) atoms. The Morgan fingerprint density at radius 2 is 1.60 bits per heavy atom. The van der Waals surface area contributed by atoms with Gasteiger partial charge in [0.15, 0.2) is 0 Å². The van der Waals surface area contributed by atoms with Gasteiger partial charge in [-0.25, -0.2) is 4.18 Å². The summed E-state index contributed by atoms with van der Waals surface area (Å²) in [4.78, 5) is 0. The van der Waals surface area contributed by atoms with Crippen molar-refractivity contribution < 1.29 is 27.4 Å². The lowest BCUT2D eigenvalue weighted by atomic mass is 10.0. The first-order chi connectivity index (χ1) is 9.40. The van der Waals surface area contributed by atoms with E-state index >= 15 is 0 Å². The lowest BCUT2D eigenvalue weighted by Crippen LogP contribution is -2.31. The molecule has 3 N–H and O–H groups in total. The van der Waals surface area contributed by atoms with Crippen molar-refractivity contribution in [3.8, 4) is 0 Å². The summed E-state index contributed by atoms with van der Waals surface area (Å²) in [7, 11) is -4.56.